The zero-order valence-electron chi connectivity index (χ0n) is 8.23. The highest BCUT2D eigenvalue weighted by Crippen LogP contribution is 2.11. The number of rotatable bonds is 0. The first-order valence-electron chi connectivity index (χ1n) is 4.26. The monoisotopic (exact) mass is 185 g/mol. The Morgan fingerprint density at radius 3 is 2.50 bits per heavy atom. The molecule has 0 radical (unpaired) electrons. The second kappa shape index (κ2) is 4.93. The lowest BCUT2D eigenvalue weighted by atomic mass is 10.2. The van der Waals surface area contributed by atoms with Crippen molar-refractivity contribution in [1.29, 1.82) is 5.26 Å². The summed E-state index contributed by atoms with van der Waals surface area (Å²) in [6.07, 6.45) is 1.59. The predicted octanol–water partition coefficient (Wildman–Crippen LogP) is 2.47. The number of fused-ring (bicyclic) bond motifs is 1. The van der Waals surface area contributed by atoms with Gasteiger partial charge in [0.15, 0.2) is 0 Å². The van der Waals surface area contributed by atoms with Crippen molar-refractivity contribution in [2.24, 2.45) is 0 Å². The summed E-state index contributed by atoms with van der Waals surface area (Å²) >= 11 is 0. The molecule has 0 aliphatic heterocycles. The maximum atomic E-state index is 7.32. The fourth-order valence-corrected chi connectivity index (χ4v) is 1.14. The van der Waals surface area contributed by atoms with E-state index in [-0.39, 0.29) is 0 Å². The van der Waals surface area contributed by atoms with Crippen LogP contribution in [0.5, 0.6) is 0 Å². The average Bonchev–Trinajstić information content (AvgIpc) is 2.20. The lowest BCUT2D eigenvalue weighted by Gasteiger charge is -1.96. The lowest BCUT2D eigenvalue weighted by molar-refractivity contribution is 1.15. The largest absolute Gasteiger partial charge is 0.241 e. The van der Waals surface area contributed by atoms with Gasteiger partial charge in [-0.2, -0.15) is 5.26 Å². The van der Waals surface area contributed by atoms with Crippen molar-refractivity contribution in [2.75, 3.05) is 0 Å². The molecule has 1 aromatic carbocycles. The minimum atomic E-state index is 1.01. The summed E-state index contributed by atoms with van der Waals surface area (Å²) in [5.74, 6) is 0. The summed E-state index contributed by atoms with van der Waals surface area (Å²) in [5, 5.41) is 8.45. The van der Waals surface area contributed by atoms with Gasteiger partial charge >= 0.3 is 0 Å². The predicted molar refractivity (Wildman–Crippen MR) is 55.6 cm³/mol. The Kier molecular flexibility index (Phi) is 3.57. The van der Waals surface area contributed by atoms with Gasteiger partial charge in [0.1, 0.15) is 6.33 Å². The zero-order chi connectivity index (χ0) is 10.4. The Balaban J connectivity index is 0.000000293. The van der Waals surface area contributed by atoms with Crippen molar-refractivity contribution in [3.8, 4) is 6.07 Å². The number of nitriles is 1. The van der Waals surface area contributed by atoms with E-state index in [9.17, 15) is 0 Å². The molecule has 1 aromatic heterocycles. The summed E-state index contributed by atoms with van der Waals surface area (Å²) in [4.78, 5) is 8.23. The molecule has 0 aliphatic rings. The van der Waals surface area contributed by atoms with Crippen LogP contribution in [-0.2, 0) is 0 Å². The Morgan fingerprint density at radius 2 is 1.86 bits per heavy atom. The molecular formula is C11H11N3. The molecule has 1 heterocycles. The minimum Gasteiger partial charge on any atom is -0.241 e. The van der Waals surface area contributed by atoms with E-state index in [1.165, 1.54) is 6.92 Å². The van der Waals surface area contributed by atoms with E-state index in [0.717, 1.165) is 16.6 Å². The zero-order valence-corrected chi connectivity index (χ0v) is 8.23. The summed E-state index contributed by atoms with van der Waals surface area (Å²) in [7, 11) is 0. The van der Waals surface area contributed by atoms with Gasteiger partial charge in [0, 0.05) is 18.0 Å². The molecule has 0 bridgehead atoms. The molecule has 0 amide bonds. The van der Waals surface area contributed by atoms with Gasteiger partial charge in [0.05, 0.1) is 11.6 Å². The van der Waals surface area contributed by atoms with Crippen LogP contribution in [0.25, 0.3) is 10.9 Å². The number of aryl methyl sites for hydroxylation is 1. The topological polar surface area (TPSA) is 49.6 Å². The molecule has 0 saturated carbocycles. The van der Waals surface area contributed by atoms with Crippen molar-refractivity contribution >= 4 is 10.9 Å². The third-order valence-electron chi connectivity index (χ3n) is 1.74. The first-order valence-corrected chi connectivity index (χ1v) is 4.26. The normalized spacial score (nSPS) is 8.64. The number of nitrogens with zero attached hydrogens (tertiary/aromatic N) is 3. The van der Waals surface area contributed by atoms with E-state index >= 15 is 0 Å². The number of benzene rings is 1. The van der Waals surface area contributed by atoms with Crippen LogP contribution in [0.4, 0.5) is 0 Å². The van der Waals surface area contributed by atoms with E-state index in [1.807, 2.05) is 31.2 Å². The molecule has 0 fully saturated rings. The van der Waals surface area contributed by atoms with E-state index in [2.05, 4.69) is 9.97 Å². The van der Waals surface area contributed by atoms with Gasteiger partial charge in [0.25, 0.3) is 0 Å². The molecule has 0 saturated heterocycles. The molecule has 14 heavy (non-hydrogen) atoms. The second-order valence-corrected chi connectivity index (χ2v) is 2.70. The van der Waals surface area contributed by atoms with E-state index in [1.54, 1.807) is 12.4 Å². The number of aromatic nitrogens is 2. The van der Waals surface area contributed by atoms with Crippen LogP contribution < -0.4 is 0 Å². The highest BCUT2D eigenvalue weighted by Gasteiger charge is 1.94. The average molecular weight is 185 g/mol. The molecule has 0 N–H and O–H groups in total. The Morgan fingerprint density at radius 1 is 1.21 bits per heavy atom. The highest BCUT2D eigenvalue weighted by molar-refractivity contribution is 5.80. The smallest absolute Gasteiger partial charge is 0.116 e. The van der Waals surface area contributed by atoms with Gasteiger partial charge in [-0.25, -0.2) is 9.97 Å². The van der Waals surface area contributed by atoms with Crippen LogP contribution in [0.1, 0.15) is 12.6 Å². The fourth-order valence-electron chi connectivity index (χ4n) is 1.14. The molecule has 3 heteroatoms. The van der Waals surface area contributed by atoms with Gasteiger partial charge < -0.3 is 0 Å². The van der Waals surface area contributed by atoms with Crippen molar-refractivity contribution in [3.63, 3.8) is 0 Å². The standard InChI is InChI=1S/C9H8N2.C2H3N/c1-7-8-4-2-3-5-9(8)11-6-10-7;1-2-3/h2-6H,1H3;1H3. The highest BCUT2D eigenvalue weighted by atomic mass is 14.8. The Bertz CT molecular complexity index is 452. The first kappa shape index (κ1) is 10.1. The van der Waals surface area contributed by atoms with Crippen LogP contribution in [0.15, 0.2) is 30.6 Å². The number of hydrogen-bond acceptors (Lipinski definition) is 3. The molecule has 2 aromatic rings. The van der Waals surface area contributed by atoms with Crippen LogP contribution in [-0.4, -0.2) is 9.97 Å². The van der Waals surface area contributed by atoms with Crippen LogP contribution >= 0.6 is 0 Å². The van der Waals surface area contributed by atoms with Gasteiger partial charge in [0.2, 0.25) is 0 Å². The molecule has 0 spiro atoms. The summed E-state index contributed by atoms with van der Waals surface area (Å²) < 4.78 is 0. The van der Waals surface area contributed by atoms with Crippen LogP contribution in [0, 0.1) is 18.3 Å². The van der Waals surface area contributed by atoms with Gasteiger partial charge in [-0.05, 0) is 13.0 Å². The minimum absolute atomic E-state index is 1.01. The van der Waals surface area contributed by atoms with Gasteiger partial charge in [-0.3, -0.25) is 0 Å². The molecule has 70 valence electrons. The number of hydrogen-bond donors (Lipinski definition) is 0. The maximum absolute atomic E-state index is 7.32. The quantitative estimate of drug-likeness (QED) is 0.633. The van der Waals surface area contributed by atoms with Crippen molar-refractivity contribution < 1.29 is 0 Å². The van der Waals surface area contributed by atoms with Crippen molar-refractivity contribution in [3.05, 3.63) is 36.3 Å². The third kappa shape index (κ3) is 2.27. The number of para-hydroxylation sites is 1. The van der Waals surface area contributed by atoms with Crippen molar-refractivity contribution in [1.82, 2.24) is 9.97 Å². The second-order valence-electron chi connectivity index (χ2n) is 2.70. The molecule has 2 rings (SSSR count). The lowest BCUT2D eigenvalue weighted by Crippen LogP contribution is -1.85. The molecule has 3 nitrogen and oxygen atoms in total. The van der Waals surface area contributed by atoms with Gasteiger partial charge in [-0.15, -0.1) is 0 Å². The molecule has 0 aliphatic carbocycles. The van der Waals surface area contributed by atoms with Crippen molar-refractivity contribution in [2.45, 2.75) is 13.8 Å². The Hall–Kier alpha value is -1.95. The van der Waals surface area contributed by atoms with Crippen LogP contribution in [0.2, 0.25) is 0 Å². The molecule has 0 atom stereocenters. The summed E-state index contributed by atoms with van der Waals surface area (Å²) in [6.45, 7) is 3.42. The van der Waals surface area contributed by atoms with Crippen LogP contribution in [0.3, 0.4) is 0 Å². The molecular weight excluding hydrogens is 174 g/mol. The maximum Gasteiger partial charge on any atom is 0.116 e. The van der Waals surface area contributed by atoms with E-state index in [4.69, 9.17) is 5.26 Å². The summed E-state index contributed by atoms with van der Waals surface area (Å²) in [6, 6.07) is 9.75. The van der Waals surface area contributed by atoms with Gasteiger partial charge in [-0.1, -0.05) is 18.2 Å². The first-order chi connectivity index (χ1) is 6.79. The van der Waals surface area contributed by atoms with E-state index in [0.29, 0.717) is 0 Å². The Labute approximate surface area is 83.0 Å². The van der Waals surface area contributed by atoms with E-state index < -0.39 is 0 Å². The summed E-state index contributed by atoms with van der Waals surface area (Å²) in [5.41, 5.74) is 2.05. The third-order valence-corrected chi connectivity index (χ3v) is 1.74. The molecule has 0 unspecified atom stereocenters. The SMILES string of the molecule is CC#N.Cc1ncnc2ccccc12. The fraction of sp³-hybridized carbons (Fsp3) is 0.182.